The van der Waals surface area contributed by atoms with Crippen molar-refractivity contribution in [2.24, 2.45) is 0 Å². The lowest BCUT2D eigenvalue weighted by Gasteiger charge is -2.03. The minimum Gasteiger partial charge on any atom is -0.494 e. The number of hydrogen-bond acceptors (Lipinski definition) is 3. The zero-order chi connectivity index (χ0) is 15.0. The number of hydrogen-bond donors (Lipinski definition) is 0. The Labute approximate surface area is 120 Å². The molecule has 0 radical (unpaired) electrons. The third-order valence-corrected chi connectivity index (χ3v) is 3.41. The second-order valence-corrected chi connectivity index (χ2v) is 4.53. The van der Waals surface area contributed by atoms with Crippen molar-refractivity contribution in [2.45, 2.75) is 6.92 Å². The Morgan fingerprint density at radius 2 is 2.10 bits per heavy atom. The molecule has 5 heteroatoms. The molecule has 1 aromatic carbocycles. The lowest BCUT2D eigenvalue weighted by atomic mass is 10.1. The van der Waals surface area contributed by atoms with Crippen LogP contribution in [0.1, 0.15) is 17.4 Å². The van der Waals surface area contributed by atoms with Gasteiger partial charge >= 0.3 is 5.97 Å². The van der Waals surface area contributed by atoms with Gasteiger partial charge in [-0.15, -0.1) is 0 Å². The summed E-state index contributed by atoms with van der Waals surface area (Å²) in [7, 11) is 1.41. The van der Waals surface area contributed by atoms with Crippen molar-refractivity contribution in [1.82, 2.24) is 4.40 Å². The van der Waals surface area contributed by atoms with E-state index in [9.17, 15) is 9.18 Å². The van der Waals surface area contributed by atoms with E-state index >= 15 is 0 Å². The summed E-state index contributed by atoms with van der Waals surface area (Å²) in [6, 6.07) is 8.52. The van der Waals surface area contributed by atoms with Crippen LogP contribution < -0.4 is 4.74 Å². The second-order valence-electron chi connectivity index (χ2n) is 4.53. The van der Waals surface area contributed by atoms with Gasteiger partial charge in [0.1, 0.15) is 5.69 Å². The van der Waals surface area contributed by atoms with E-state index in [4.69, 9.17) is 9.47 Å². The van der Waals surface area contributed by atoms with Crippen molar-refractivity contribution in [3.05, 3.63) is 48.0 Å². The Balaban J connectivity index is 2.45. The van der Waals surface area contributed by atoms with Crippen molar-refractivity contribution >= 4 is 22.3 Å². The number of aromatic nitrogens is 1. The Kier molecular flexibility index (Phi) is 3.25. The number of carbonyl (C=O) groups is 1. The third-order valence-electron chi connectivity index (χ3n) is 3.41. The molecule has 0 aliphatic rings. The van der Waals surface area contributed by atoms with E-state index < -0.39 is 11.8 Å². The molecule has 0 bridgehead atoms. The summed E-state index contributed by atoms with van der Waals surface area (Å²) >= 11 is 0. The van der Waals surface area contributed by atoms with Crippen LogP contribution in [0.2, 0.25) is 0 Å². The number of carbonyl (C=O) groups excluding carboxylic acids is 1. The fourth-order valence-corrected chi connectivity index (χ4v) is 2.54. The molecule has 0 aliphatic carbocycles. The maximum absolute atomic E-state index is 14.6. The number of halogens is 1. The average Bonchev–Trinajstić information content (AvgIpc) is 2.83. The molecular formula is C16H14FNO3. The number of pyridine rings is 1. The summed E-state index contributed by atoms with van der Waals surface area (Å²) in [5.41, 5.74) is 0.927. The van der Waals surface area contributed by atoms with Gasteiger partial charge in [0, 0.05) is 17.0 Å². The first-order chi connectivity index (χ1) is 10.2. The van der Waals surface area contributed by atoms with Crippen LogP contribution in [0.5, 0.6) is 5.75 Å². The van der Waals surface area contributed by atoms with Gasteiger partial charge in [-0.25, -0.2) is 9.18 Å². The van der Waals surface area contributed by atoms with Crippen LogP contribution in [-0.4, -0.2) is 24.1 Å². The molecule has 0 saturated carbocycles. The highest BCUT2D eigenvalue weighted by Crippen LogP contribution is 2.34. The minimum atomic E-state index is -0.478. The van der Waals surface area contributed by atoms with Gasteiger partial charge in [-0.1, -0.05) is 6.07 Å². The average molecular weight is 287 g/mol. The number of benzene rings is 1. The van der Waals surface area contributed by atoms with Crippen LogP contribution in [0.15, 0.2) is 36.5 Å². The lowest BCUT2D eigenvalue weighted by Crippen LogP contribution is -2.08. The molecule has 0 spiro atoms. The van der Waals surface area contributed by atoms with Gasteiger partial charge < -0.3 is 13.9 Å². The van der Waals surface area contributed by atoms with Crippen LogP contribution >= 0.6 is 0 Å². The molecule has 0 aliphatic heterocycles. The predicted octanol–water partition coefficient (Wildman–Crippen LogP) is 3.42. The second kappa shape index (κ2) is 5.09. The molecule has 2 aromatic heterocycles. The molecule has 0 saturated heterocycles. The van der Waals surface area contributed by atoms with Crippen LogP contribution in [-0.2, 0) is 4.74 Å². The van der Waals surface area contributed by atoms with Crippen molar-refractivity contribution in [1.29, 1.82) is 0 Å². The standard InChI is InChI=1S/C16H14FNO3/c1-3-21-16(19)15-10-7-8-12(20-2)14(17)13(10)11-6-4-5-9-18(11)15/h4-9H,3H2,1-2H3. The topological polar surface area (TPSA) is 39.9 Å². The van der Waals surface area contributed by atoms with Gasteiger partial charge in [-0.3, -0.25) is 0 Å². The van der Waals surface area contributed by atoms with Gasteiger partial charge in [-0.2, -0.15) is 0 Å². The highest BCUT2D eigenvalue weighted by molar-refractivity contribution is 6.11. The highest BCUT2D eigenvalue weighted by atomic mass is 19.1. The Morgan fingerprint density at radius 1 is 1.29 bits per heavy atom. The van der Waals surface area contributed by atoms with Crippen molar-refractivity contribution in [2.75, 3.05) is 13.7 Å². The monoisotopic (exact) mass is 287 g/mol. The first-order valence-electron chi connectivity index (χ1n) is 6.61. The predicted molar refractivity (Wildman–Crippen MR) is 77.4 cm³/mol. The SMILES string of the molecule is CCOC(=O)c1c2ccc(OC)c(F)c2c2ccccn12. The molecule has 2 heterocycles. The molecule has 0 amide bonds. The number of nitrogens with zero attached hydrogens (tertiary/aromatic N) is 1. The van der Waals surface area contributed by atoms with E-state index in [1.807, 2.05) is 0 Å². The Morgan fingerprint density at radius 3 is 2.81 bits per heavy atom. The number of esters is 1. The zero-order valence-corrected chi connectivity index (χ0v) is 11.7. The largest absolute Gasteiger partial charge is 0.494 e. The third kappa shape index (κ3) is 1.93. The van der Waals surface area contributed by atoms with E-state index in [-0.39, 0.29) is 12.4 Å². The molecule has 3 aromatic rings. The van der Waals surface area contributed by atoms with E-state index in [1.165, 1.54) is 13.2 Å². The maximum Gasteiger partial charge on any atom is 0.355 e. The van der Waals surface area contributed by atoms with E-state index in [0.717, 1.165) is 0 Å². The molecule has 0 unspecified atom stereocenters. The smallest absolute Gasteiger partial charge is 0.355 e. The van der Waals surface area contributed by atoms with Crippen molar-refractivity contribution in [3.63, 3.8) is 0 Å². The Hall–Kier alpha value is -2.56. The highest BCUT2D eigenvalue weighted by Gasteiger charge is 2.22. The number of methoxy groups -OCH3 is 1. The first-order valence-corrected chi connectivity index (χ1v) is 6.61. The van der Waals surface area contributed by atoms with Crippen LogP contribution in [0.3, 0.4) is 0 Å². The minimum absolute atomic E-state index is 0.147. The van der Waals surface area contributed by atoms with Gasteiger partial charge in [-0.05, 0) is 31.2 Å². The van der Waals surface area contributed by atoms with Gasteiger partial charge in [0.05, 0.1) is 19.2 Å². The summed E-state index contributed by atoms with van der Waals surface area (Å²) in [6.07, 6.45) is 1.72. The van der Waals surface area contributed by atoms with Crippen molar-refractivity contribution in [3.8, 4) is 5.75 Å². The molecule has 21 heavy (non-hydrogen) atoms. The molecule has 3 rings (SSSR count). The quantitative estimate of drug-likeness (QED) is 0.693. The number of rotatable bonds is 3. The molecule has 0 atom stereocenters. The van der Waals surface area contributed by atoms with Crippen LogP contribution in [0.4, 0.5) is 4.39 Å². The Bertz CT molecular complexity index is 838. The van der Waals surface area contributed by atoms with E-state index in [1.54, 1.807) is 41.8 Å². The van der Waals surface area contributed by atoms with Crippen LogP contribution in [0, 0.1) is 5.82 Å². The zero-order valence-electron chi connectivity index (χ0n) is 11.7. The fourth-order valence-electron chi connectivity index (χ4n) is 2.54. The summed E-state index contributed by atoms with van der Waals surface area (Å²) in [5, 5.41) is 0.871. The molecule has 4 nitrogen and oxygen atoms in total. The summed E-state index contributed by atoms with van der Waals surface area (Å²) in [6.45, 7) is 2.00. The lowest BCUT2D eigenvalue weighted by molar-refractivity contribution is 0.0521. The van der Waals surface area contributed by atoms with E-state index in [0.29, 0.717) is 22.0 Å². The fraction of sp³-hybridized carbons (Fsp3) is 0.188. The van der Waals surface area contributed by atoms with Crippen molar-refractivity contribution < 1.29 is 18.7 Å². The normalized spacial score (nSPS) is 11.0. The molecule has 108 valence electrons. The van der Waals surface area contributed by atoms with Crippen LogP contribution in [0.25, 0.3) is 16.3 Å². The molecule has 0 fully saturated rings. The molecular weight excluding hydrogens is 273 g/mol. The van der Waals surface area contributed by atoms with Gasteiger partial charge in [0.25, 0.3) is 0 Å². The summed E-state index contributed by atoms with van der Waals surface area (Å²) in [4.78, 5) is 12.2. The maximum atomic E-state index is 14.6. The first kappa shape index (κ1) is 13.4. The summed E-state index contributed by atoms with van der Waals surface area (Å²) in [5.74, 6) is -0.804. The number of ether oxygens (including phenoxy) is 2. The van der Waals surface area contributed by atoms with Gasteiger partial charge in [0.15, 0.2) is 11.6 Å². The number of fused-ring (bicyclic) bond motifs is 3. The summed E-state index contributed by atoms with van der Waals surface area (Å²) < 4.78 is 26.3. The van der Waals surface area contributed by atoms with E-state index in [2.05, 4.69) is 0 Å². The van der Waals surface area contributed by atoms with Gasteiger partial charge in [0.2, 0.25) is 0 Å². The molecule has 0 N–H and O–H groups in total.